The molecule has 0 saturated heterocycles. The standard InChI is InChI=1S/2C10H14O/c2*11-10-5-6-4-9(10)8-3-1-2-7(6)8/h1,3,6-11H,2,4-5H2;1-2,6-11H,3-5H2. The fourth-order valence-corrected chi connectivity index (χ4v) is 7.03. The van der Waals surface area contributed by atoms with Crippen molar-refractivity contribution in [3.8, 4) is 0 Å². The van der Waals surface area contributed by atoms with E-state index >= 15 is 0 Å². The second-order valence-electron chi connectivity index (χ2n) is 8.74. The molecule has 0 radical (unpaired) electrons. The van der Waals surface area contributed by atoms with E-state index in [2.05, 4.69) is 24.3 Å². The Labute approximate surface area is 133 Å². The molecule has 2 nitrogen and oxygen atoms in total. The molecule has 22 heavy (non-hydrogen) atoms. The van der Waals surface area contributed by atoms with Crippen LogP contribution in [0.2, 0.25) is 0 Å². The summed E-state index contributed by atoms with van der Waals surface area (Å²) < 4.78 is 0. The molecular weight excluding hydrogens is 272 g/mol. The summed E-state index contributed by atoms with van der Waals surface area (Å²) in [6.45, 7) is 0. The topological polar surface area (TPSA) is 40.5 Å². The van der Waals surface area contributed by atoms with Crippen molar-refractivity contribution in [3.63, 3.8) is 0 Å². The normalized spacial score (nSPS) is 58.8. The third-order valence-corrected chi connectivity index (χ3v) is 7.94. The van der Waals surface area contributed by atoms with Gasteiger partial charge in [-0.2, -0.15) is 0 Å². The first-order valence-corrected chi connectivity index (χ1v) is 9.42. The minimum Gasteiger partial charge on any atom is -0.393 e. The van der Waals surface area contributed by atoms with Gasteiger partial charge >= 0.3 is 0 Å². The Bertz CT molecular complexity index is 510. The minimum atomic E-state index is 0.0315. The molecule has 10 atom stereocenters. The van der Waals surface area contributed by atoms with Gasteiger partial charge < -0.3 is 10.2 Å². The van der Waals surface area contributed by atoms with Gasteiger partial charge in [-0.1, -0.05) is 24.3 Å². The van der Waals surface area contributed by atoms with Crippen molar-refractivity contribution in [3.05, 3.63) is 24.3 Å². The average molecular weight is 300 g/mol. The third-order valence-electron chi connectivity index (χ3n) is 7.94. The monoisotopic (exact) mass is 300 g/mol. The molecule has 120 valence electrons. The smallest absolute Gasteiger partial charge is 0.0577 e. The first-order valence-electron chi connectivity index (χ1n) is 9.42. The van der Waals surface area contributed by atoms with Gasteiger partial charge in [0.15, 0.2) is 0 Å². The number of hydrogen-bond donors (Lipinski definition) is 2. The molecule has 4 bridgehead atoms. The van der Waals surface area contributed by atoms with Gasteiger partial charge in [0, 0.05) is 0 Å². The van der Waals surface area contributed by atoms with Crippen molar-refractivity contribution in [2.45, 2.75) is 50.7 Å². The van der Waals surface area contributed by atoms with Crippen LogP contribution in [0.1, 0.15) is 38.5 Å². The van der Waals surface area contributed by atoms with Crippen molar-refractivity contribution < 1.29 is 10.2 Å². The van der Waals surface area contributed by atoms with Crippen LogP contribution in [0.25, 0.3) is 0 Å². The molecule has 4 fully saturated rings. The molecule has 2 heteroatoms. The lowest BCUT2D eigenvalue weighted by atomic mass is 9.80. The van der Waals surface area contributed by atoms with E-state index in [4.69, 9.17) is 0 Å². The Balaban J connectivity index is 0.000000102. The lowest BCUT2D eigenvalue weighted by Crippen LogP contribution is -2.27. The fourth-order valence-electron chi connectivity index (χ4n) is 7.03. The second-order valence-corrected chi connectivity index (χ2v) is 8.74. The molecule has 6 aliphatic carbocycles. The molecule has 0 aliphatic heterocycles. The predicted molar refractivity (Wildman–Crippen MR) is 85.9 cm³/mol. The van der Waals surface area contributed by atoms with Crippen LogP contribution in [-0.2, 0) is 0 Å². The van der Waals surface area contributed by atoms with Crippen molar-refractivity contribution in [1.82, 2.24) is 0 Å². The van der Waals surface area contributed by atoms with Gasteiger partial charge in [0.2, 0.25) is 0 Å². The molecule has 0 aromatic carbocycles. The number of rotatable bonds is 0. The Kier molecular flexibility index (Phi) is 3.10. The van der Waals surface area contributed by atoms with E-state index in [0.29, 0.717) is 11.8 Å². The minimum absolute atomic E-state index is 0.0315. The van der Waals surface area contributed by atoms with E-state index in [9.17, 15) is 10.2 Å². The Morgan fingerprint density at radius 2 is 1.23 bits per heavy atom. The summed E-state index contributed by atoms with van der Waals surface area (Å²) in [4.78, 5) is 0. The zero-order chi connectivity index (χ0) is 14.8. The maximum absolute atomic E-state index is 9.64. The highest BCUT2D eigenvalue weighted by Gasteiger charge is 2.52. The summed E-state index contributed by atoms with van der Waals surface area (Å²) in [7, 11) is 0. The lowest BCUT2D eigenvalue weighted by molar-refractivity contribution is 0.0697. The molecule has 0 amide bonds. The molecule has 2 N–H and O–H groups in total. The van der Waals surface area contributed by atoms with Gasteiger partial charge in [0.25, 0.3) is 0 Å². The van der Waals surface area contributed by atoms with Crippen LogP contribution in [0.4, 0.5) is 0 Å². The average Bonchev–Trinajstić information content (AvgIpc) is 3.27. The molecular formula is C20H28O2. The molecule has 0 aromatic heterocycles. The van der Waals surface area contributed by atoms with E-state index in [1.165, 1.54) is 25.7 Å². The maximum Gasteiger partial charge on any atom is 0.0577 e. The van der Waals surface area contributed by atoms with Gasteiger partial charge in [-0.25, -0.2) is 0 Å². The van der Waals surface area contributed by atoms with E-state index in [1.54, 1.807) is 0 Å². The zero-order valence-corrected chi connectivity index (χ0v) is 13.2. The summed E-state index contributed by atoms with van der Waals surface area (Å²) >= 11 is 0. The maximum atomic E-state index is 9.64. The summed E-state index contributed by atoms with van der Waals surface area (Å²) in [6.07, 6.45) is 16.7. The highest BCUT2D eigenvalue weighted by atomic mass is 16.3. The second kappa shape index (κ2) is 4.95. The van der Waals surface area contributed by atoms with Crippen molar-refractivity contribution >= 4 is 0 Å². The summed E-state index contributed by atoms with van der Waals surface area (Å²) in [5.41, 5.74) is 0. The van der Waals surface area contributed by atoms with Crippen LogP contribution in [0.15, 0.2) is 24.3 Å². The Morgan fingerprint density at radius 1 is 0.591 bits per heavy atom. The molecule has 6 aliphatic rings. The molecule has 0 aromatic rings. The first kappa shape index (κ1) is 13.8. The zero-order valence-electron chi connectivity index (χ0n) is 13.2. The molecule has 0 spiro atoms. The predicted octanol–water partition coefficient (Wildman–Crippen LogP) is 3.16. The van der Waals surface area contributed by atoms with Crippen LogP contribution < -0.4 is 0 Å². The van der Waals surface area contributed by atoms with Crippen LogP contribution in [0.3, 0.4) is 0 Å². The van der Waals surface area contributed by atoms with Crippen LogP contribution in [0, 0.1) is 47.3 Å². The van der Waals surface area contributed by atoms with Crippen molar-refractivity contribution in [2.24, 2.45) is 47.3 Å². The highest BCUT2D eigenvalue weighted by molar-refractivity contribution is 5.15. The van der Waals surface area contributed by atoms with Gasteiger partial charge in [0.05, 0.1) is 12.2 Å². The van der Waals surface area contributed by atoms with Crippen LogP contribution >= 0.6 is 0 Å². The lowest BCUT2D eigenvalue weighted by Gasteiger charge is -2.27. The number of hydrogen-bond acceptors (Lipinski definition) is 2. The SMILES string of the molecule is OC1CC2CC1C1C=CCC21.OC1CC2CC1C1CC=CC21. The van der Waals surface area contributed by atoms with Crippen molar-refractivity contribution in [1.29, 1.82) is 0 Å². The van der Waals surface area contributed by atoms with E-state index in [-0.39, 0.29) is 12.2 Å². The fraction of sp³-hybridized carbons (Fsp3) is 0.800. The molecule has 4 saturated carbocycles. The molecule has 0 heterocycles. The quantitative estimate of drug-likeness (QED) is 0.675. The summed E-state index contributed by atoms with van der Waals surface area (Å²) in [6, 6.07) is 0. The Hall–Kier alpha value is -0.600. The van der Waals surface area contributed by atoms with Gasteiger partial charge in [0.1, 0.15) is 0 Å². The number of allylic oxidation sites excluding steroid dienone is 4. The number of aliphatic hydroxyl groups is 2. The largest absolute Gasteiger partial charge is 0.393 e. The van der Waals surface area contributed by atoms with Gasteiger partial charge in [-0.05, 0) is 85.9 Å². The number of aliphatic hydroxyl groups excluding tert-OH is 2. The summed E-state index contributed by atoms with van der Waals surface area (Å²) in [5, 5.41) is 19.3. The Morgan fingerprint density at radius 3 is 2.09 bits per heavy atom. The highest BCUT2D eigenvalue weighted by Crippen LogP contribution is 2.57. The van der Waals surface area contributed by atoms with E-state index in [1.807, 2.05) is 0 Å². The molecule has 10 unspecified atom stereocenters. The third kappa shape index (κ3) is 1.86. The molecule has 6 rings (SSSR count). The van der Waals surface area contributed by atoms with Gasteiger partial charge in [-0.3, -0.25) is 0 Å². The van der Waals surface area contributed by atoms with Crippen LogP contribution in [0.5, 0.6) is 0 Å². The summed E-state index contributed by atoms with van der Waals surface area (Å²) in [5.74, 6) is 6.32. The van der Waals surface area contributed by atoms with Crippen molar-refractivity contribution in [2.75, 3.05) is 0 Å². The van der Waals surface area contributed by atoms with Gasteiger partial charge in [-0.15, -0.1) is 0 Å². The van der Waals surface area contributed by atoms with Crippen LogP contribution in [-0.4, -0.2) is 22.4 Å². The van der Waals surface area contributed by atoms with E-state index < -0.39 is 0 Å². The number of fused-ring (bicyclic) bond motifs is 10. The first-order chi connectivity index (χ1) is 10.7. The van der Waals surface area contributed by atoms with E-state index in [0.717, 1.165) is 48.3 Å².